The van der Waals surface area contributed by atoms with Crippen molar-refractivity contribution in [3.05, 3.63) is 59.9 Å². The maximum absolute atomic E-state index is 13.5. The molecule has 2 aromatic rings. The molecule has 0 spiro atoms. The van der Waals surface area contributed by atoms with E-state index in [1.165, 1.54) is 4.31 Å². The number of aliphatic hydroxyl groups excluding tert-OH is 1. The van der Waals surface area contributed by atoms with E-state index in [0.717, 1.165) is 11.1 Å². The predicted octanol–water partition coefficient (Wildman–Crippen LogP) is 3.02. The molecule has 0 radical (unpaired) electrons. The van der Waals surface area contributed by atoms with E-state index < -0.39 is 16.1 Å². The lowest BCUT2D eigenvalue weighted by Gasteiger charge is -2.37. The molecule has 2 heterocycles. The van der Waals surface area contributed by atoms with Gasteiger partial charge in [-0.25, -0.2) is 8.42 Å². The molecule has 0 saturated heterocycles. The first-order valence-electron chi connectivity index (χ1n) is 10.9. The molecule has 32 heavy (non-hydrogen) atoms. The number of aliphatic hydroxyl groups is 1. The quantitative estimate of drug-likeness (QED) is 0.685. The number of fused-ring (bicyclic) bond motifs is 1. The summed E-state index contributed by atoms with van der Waals surface area (Å²) in [6, 6.07) is 8.57. The van der Waals surface area contributed by atoms with Gasteiger partial charge >= 0.3 is 0 Å². The molecule has 3 rings (SSSR count). The van der Waals surface area contributed by atoms with Crippen molar-refractivity contribution in [2.75, 3.05) is 26.7 Å². The van der Waals surface area contributed by atoms with Crippen molar-refractivity contribution in [2.45, 2.75) is 44.4 Å². The summed E-state index contributed by atoms with van der Waals surface area (Å²) >= 11 is 0. The van der Waals surface area contributed by atoms with Crippen LogP contribution in [0, 0.1) is 5.92 Å². The lowest BCUT2D eigenvalue weighted by Crippen LogP contribution is -2.49. The average Bonchev–Trinajstić information content (AvgIpc) is 2.76. The van der Waals surface area contributed by atoms with Crippen LogP contribution in [-0.4, -0.2) is 66.6 Å². The van der Waals surface area contributed by atoms with Crippen LogP contribution in [0.15, 0.2) is 53.7 Å². The van der Waals surface area contributed by atoms with Crippen molar-refractivity contribution in [3.8, 4) is 5.75 Å². The topological polar surface area (TPSA) is 83.0 Å². The lowest BCUT2D eigenvalue weighted by molar-refractivity contribution is 0.0733. The molecule has 7 nitrogen and oxygen atoms in total. The van der Waals surface area contributed by atoms with E-state index in [9.17, 15) is 13.5 Å². The first-order valence-corrected chi connectivity index (χ1v) is 12.3. The van der Waals surface area contributed by atoms with Crippen LogP contribution in [0.25, 0.3) is 6.08 Å². The molecule has 8 heteroatoms. The number of allylic oxidation sites excluding steroid dienone is 1. The number of benzene rings is 1. The average molecular weight is 460 g/mol. The van der Waals surface area contributed by atoms with Crippen molar-refractivity contribution in [1.82, 2.24) is 14.2 Å². The van der Waals surface area contributed by atoms with Crippen LogP contribution >= 0.6 is 0 Å². The van der Waals surface area contributed by atoms with Crippen LogP contribution < -0.4 is 4.74 Å². The van der Waals surface area contributed by atoms with Gasteiger partial charge in [0.1, 0.15) is 16.7 Å². The van der Waals surface area contributed by atoms with Gasteiger partial charge in [0, 0.05) is 44.0 Å². The number of aromatic nitrogens is 1. The third-order valence-electron chi connectivity index (χ3n) is 5.72. The number of hydrogen-bond acceptors (Lipinski definition) is 6. The fourth-order valence-corrected chi connectivity index (χ4v) is 5.76. The Balaban J connectivity index is 1.97. The van der Waals surface area contributed by atoms with Gasteiger partial charge in [0.2, 0.25) is 10.0 Å². The van der Waals surface area contributed by atoms with Crippen molar-refractivity contribution >= 4 is 16.1 Å². The van der Waals surface area contributed by atoms with E-state index in [0.29, 0.717) is 18.8 Å². The zero-order valence-corrected chi connectivity index (χ0v) is 20.0. The SMILES string of the molecule is C/C=C/c1ccc2c(c1)O[C@@H](CN(C)Cc1cccnc1)[C@H](C)CN([C@@H](C)CO)S2(=O)=O. The largest absolute Gasteiger partial charge is 0.487 e. The molecule has 1 aromatic carbocycles. The van der Waals surface area contributed by atoms with E-state index >= 15 is 0 Å². The van der Waals surface area contributed by atoms with Gasteiger partial charge in [0.15, 0.2) is 0 Å². The van der Waals surface area contributed by atoms with Gasteiger partial charge in [-0.3, -0.25) is 9.88 Å². The second-order valence-corrected chi connectivity index (χ2v) is 10.4. The highest BCUT2D eigenvalue weighted by Gasteiger charge is 2.38. The highest BCUT2D eigenvalue weighted by molar-refractivity contribution is 7.89. The maximum atomic E-state index is 13.5. The Morgan fingerprint density at radius 2 is 2.16 bits per heavy atom. The minimum absolute atomic E-state index is 0.0892. The Hall–Kier alpha value is -2.26. The molecule has 0 fully saturated rings. The fraction of sp³-hybridized carbons (Fsp3) is 0.458. The molecule has 1 aromatic heterocycles. The second kappa shape index (κ2) is 10.6. The van der Waals surface area contributed by atoms with Gasteiger partial charge in [0.05, 0.1) is 6.61 Å². The van der Waals surface area contributed by atoms with E-state index in [2.05, 4.69) is 9.88 Å². The molecular weight excluding hydrogens is 426 g/mol. The van der Waals surface area contributed by atoms with Gasteiger partial charge in [-0.2, -0.15) is 4.31 Å². The highest BCUT2D eigenvalue weighted by Crippen LogP contribution is 2.34. The van der Waals surface area contributed by atoms with Crippen LogP contribution in [0.2, 0.25) is 0 Å². The second-order valence-electron chi connectivity index (χ2n) is 8.50. The number of rotatable bonds is 7. The minimum Gasteiger partial charge on any atom is -0.487 e. The van der Waals surface area contributed by atoms with Crippen LogP contribution in [0.5, 0.6) is 5.75 Å². The number of pyridine rings is 1. The summed E-state index contributed by atoms with van der Waals surface area (Å²) in [4.78, 5) is 6.47. The van der Waals surface area contributed by atoms with Crippen LogP contribution in [-0.2, 0) is 16.6 Å². The highest BCUT2D eigenvalue weighted by atomic mass is 32.2. The fourth-order valence-electron chi connectivity index (χ4n) is 3.93. The molecule has 0 bridgehead atoms. The van der Waals surface area contributed by atoms with Crippen LogP contribution in [0.1, 0.15) is 31.9 Å². The number of nitrogens with zero attached hydrogens (tertiary/aromatic N) is 3. The Bertz CT molecular complexity index is 1030. The molecular formula is C24H33N3O4S. The first-order chi connectivity index (χ1) is 15.3. The smallest absolute Gasteiger partial charge is 0.247 e. The van der Waals surface area contributed by atoms with Gasteiger partial charge in [0.25, 0.3) is 0 Å². The normalized spacial score (nSPS) is 22.2. The molecule has 0 unspecified atom stereocenters. The minimum atomic E-state index is -3.82. The Labute approximate surface area is 191 Å². The lowest BCUT2D eigenvalue weighted by atomic mass is 10.0. The summed E-state index contributed by atoms with van der Waals surface area (Å²) in [6.07, 6.45) is 7.17. The van der Waals surface area contributed by atoms with E-state index in [1.807, 2.05) is 51.4 Å². The summed E-state index contributed by atoms with van der Waals surface area (Å²) in [6.45, 7) is 6.99. The van der Waals surface area contributed by atoms with Crippen molar-refractivity contribution < 1.29 is 18.3 Å². The molecule has 0 aliphatic carbocycles. The van der Waals surface area contributed by atoms with Crippen molar-refractivity contribution in [3.63, 3.8) is 0 Å². The van der Waals surface area contributed by atoms with Gasteiger partial charge in [-0.05, 0) is 50.2 Å². The van der Waals surface area contributed by atoms with Crippen LogP contribution in [0.3, 0.4) is 0 Å². The number of sulfonamides is 1. The molecule has 3 atom stereocenters. The zero-order chi connectivity index (χ0) is 23.3. The third kappa shape index (κ3) is 5.56. The molecule has 1 aliphatic rings. The Morgan fingerprint density at radius 3 is 2.81 bits per heavy atom. The standard InChI is InChI=1S/C24H33N3O4S/c1-5-7-20-9-10-24-22(12-20)31-23(16-26(4)15-21-8-6-11-25-13-21)18(2)14-27(19(3)17-28)32(24,29)30/h5-13,18-19,23,28H,14-17H2,1-4H3/b7-5+/t18-,19+,23+/m1/s1. The molecule has 174 valence electrons. The van der Waals surface area contributed by atoms with Gasteiger partial charge in [-0.1, -0.05) is 31.2 Å². The monoisotopic (exact) mass is 459 g/mol. The summed E-state index contributed by atoms with van der Waals surface area (Å²) in [5.74, 6) is 0.260. The molecule has 1 N–H and O–H groups in total. The maximum Gasteiger partial charge on any atom is 0.247 e. The summed E-state index contributed by atoms with van der Waals surface area (Å²) in [7, 11) is -1.80. The summed E-state index contributed by atoms with van der Waals surface area (Å²) in [5, 5.41) is 9.74. The number of ether oxygens (including phenoxy) is 1. The predicted molar refractivity (Wildman–Crippen MR) is 126 cm³/mol. The summed E-state index contributed by atoms with van der Waals surface area (Å²) < 4.78 is 34.7. The van der Waals surface area contributed by atoms with E-state index in [1.54, 1.807) is 31.3 Å². The first kappa shape index (κ1) is 24.4. The summed E-state index contributed by atoms with van der Waals surface area (Å²) in [5.41, 5.74) is 1.97. The molecule has 1 aliphatic heterocycles. The Morgan fingerprint density at radius 1 is 1.38 bits per heavy atom. The zero-order valence-electron chi connectivity index (χ0n) is 19.2. The van der Waals surface area contributed by atoms with Crippen molar-refractivity contribution in [1.29, 1.82) is 0 Å². The Kier molecular flexibility index (Phi) is 8.05. The van der Waals surface area contributed by atoms with Gasteiger partial charge in [-0.15, -0.1) is 0 Å². The molecule has 0 amide bonds. The van der Waals surface area contributed by atoms with Gasteiger partial charge < -0.3 is 9.84 Å². The number of hydrogen-bond donors (Lipinski definition) is 1. The van der Waals surface area contributed by atoms with E-state index in [4.69, 9.17) is 4.74 Å². The molecule has 0 saturated carbocycles. The van der Waals surface area contributed by atoms with E-state index in [-0.39, 0.29) is 30.1 Å². The van der Waals surface area contributed by atoms with Crippen molar-refractivity contribution in [2.24, 2.45) is 5.92 Å². The number of likely N-dealkylation sites (N-methyl/N-ethyl adjacent to an activating group) is 1. The van der Waals surface area contributed by atoms with Crippen LogP contribution in [0.4, 0.5) is 0 Å². The third-order valence-corrected chi connectivity index (χ3v) is 7.74.